The lowest BCUT2D eigenvalue weighted by molar-refractivity contribution is -0.140. The zero-order chi connectivity index (χ0) is 33.1. The van der Waals surface area contributed by atoms with Crippen molar-refractivity contribution in [2.75, 3.05) is 24.5 Å². The molecule has 0 radical (unpaired) electrons. The summed E-state index contributed by atoms with van der Waals surface area (Å²) in [5.41, 5.74) is 1.56. The Morgan fingerprint density at radius 1 is 0.848 bits per heavy atom. The minimum Gasteiger partial charge on any atom is -0.497 e. The number of methoxy groups -OCH3 is 1. The predicted octanol–water partition coefficient (Wildman–Crippen LogP) is 6.75. The summed E-state index contributed by atoms with van der Waals surface area (Å²) in [5.74, 6) is -0.483. The molecule has 46 heavy (non-hydrogen) atoms. The molecule has 8 nitrogen and oxygen atoms in total. The molecule has 0 saturated heterocycles. The van der Waals surface area contributed by atoms with Crippen LogP contribution in [-0.4, -0.2) is 51.4 Å². The van der Waals surface area contributed by atoms with E-state index in [1.165, 1.54) is 24.1 Å². The molecule has 0 aromatic heterocycles. The van der Waals surface area contributed by atoms with Gasteiger partial charge in [0, 0.05) is 35.1 Å². The van der Waals surface area contributed by atoms with Gasteiger partial charge in [-0.2, -0.15) is 0 Å². The van der Waals surface area contributed by atoms with Crippen LogP contribution in [0.1, 0.15) is 30.9 Å². The molecule has 1 N–H and O–H groups in total. The highest BCUT2D eigenvalue weighted by Crippen LogP contribution is 2.29. The van der Waals surface area contributed by atoms with Gasteiger partial charge < -0.3 is 15.0 Å². The molecule has 0 fully saturated rings. The first kappa shape index (κ1) is 34.8. The molecule has 0 heterocycles. The van der Waals surface area contributed by atoms with Crippen molar-refractivity contribution in [3.63, 3.8) is 0 Å². The van der Waals surface area contributed by atoms with Crippen LogP contribution in [0.25, 0.3) is 0 Å². The molecule has 0 spiro atoms. The fourth-order valence-corrected chi connectivity index (χ4v) is 6.84. The molecule has 0 unspecified atom stereocenters. The van der Waals surface area contributed by atoms with Crippen LogP contribution in [-0.2, 0) is 32.6 Å². The quantitative estimate of drug-likeness (QED) is 0.140. The van der Waals surface area contributed by atoms with Gasteiger partial charge in [-0.25, -0.2) is 8.42 Å². The van der Waals surface area contributed by atoms with Crippen molar-refractivity contribution in [2.24, 2.45) is 0 Å². The van der Waals surface area contributed by atoms with E-state index in [2.05, 4.69) is 5.32 Å². The number of rotatable bonds is 15. The summed E-state index contributed by atoms with van der Waals surface area (Å²) in [7, 11) is -2.75. The normalized spacial score (nSPS) is 11.8. The van der Waals surface area contributed by atoms with Crippen LogP contribution < -0.4 is 14.4 Å². The van der Waals surface area contributed by atoms with E-state index in [1.807, 2.05) is 37.3 Å². The van der Waals surface area contributed by atoms with Crippen molar-refractivity contribution in [1.82, 2.24) is 10.2 Å². The molecule has 1 atom stereocenters. The Balaban J connectivity index is 1.80. The number of hydrogen-bond donors (Lipinski definition) is 1. The lowest BCUT2D eigenvalue weighted by Gasteiger charge is -2.34. The molecule has 4 aromatic carbocycles. The summed E-state index contributed by atoms with van der Waals surface area (Å²) in [6, 6.07) is 27.6. The summed E-state index contributed by atoms with van der Waals surface area (Å²) in [6.07, 6.45) is 1.82. The number of benzene rings is 4. The Morgan fingerprint density at radius 2 is 1.46 bits per heavy atom. The number of carbonyl (C=O) groups excluding carboxylic acids is 2. The number of carbonyl (C=O) groups is 2. The van der Waals surface area contributed by atoms with Crippen molar-refractivity contribution in [3.8, 4) is 5.75 Å². The number of unbranched alkanes of at least 4 members (excludes halogenated alkanes) is 1. The van der Waals surface area contributed by atoms with Gasteiger partial charge in [0.1, 0.15) is 18.3 Å². The first-order valence-corrected chi connectivity index (χ1v) is 17.1. The van der Waals surface area contributed by atoms with Crippen LogP contribution in [0.4, 0.5) is 5.69 Å². The van der Waals surface area contributed by atoms with E-state index in [1.54, 1.807) is 60.7 Å². The standard InChI is InChI=1S/C35H37Cl2N3O5S/c1-3-4-22-38-35(42)33(23-26-12-7-5-8-13-26)39(24-30-31(36)16-11-17-32(30)37)34(41)25-40(27-14-9-6-10-15-27)46(43,44)29-20-18-28(45-2)19-21-29/h5-21,33H,3-4,22-25H2,1-2H3,(H,38,42)/t33-/m0/s1. The van der Waals surface area contributed by atoms with Crippen LogP contribution in [0.5, 0.6) is 5.75 Å². The largest absolute Gasteiger partial charge is 0.497 e. The molecule has 0 aliphatic rings. The van der Waals surface area contributed by atoms with Crippen LogP contribution in [0, 0.1) is 0 Å². The van der Waals surface area contributed by atoms with E-state index in [-0.39, 0.29) is 29.5 Å². The van der Waals surface area contributed by atoms with E-state index < -0.39 is 28.5 Å². The number of ether oxygens (including phenoxy) is 1. The third kappa shape index (κ3) is 8.81. The second kappa shape index (κ2) is 16.5. The summed E-state index contributed by atoms with van der Waals surface area (Å²) < 4.78 is 34.5. The molecule has 4 rings (SSSR count). The zero-order valence-corrected chi connectivity index (χ0v) is 28.1. The van der Waals surface area contributed by atoms with Crippen LogP contribution >= 0.6 is 23.2 Å². The number of sulfonamides is 1. The van der Waals surface area contributed by atoms with E-state index in [4.69, 9.17) is 27.9 Å². The number of amides is 2. The molecular weight excluding hydrogens is 645 g/mol. The third-order valence-electron chi connectivity index (χ3n) is 7.46. The maximum Gasteiger partial charge on any atom is 0.264 e. The van der Waals surface area contributed by atoms with Gasteiger partial charge >= 0.3 is 0 Å². The fourth-order valence-electron chi connectivity index (χ4n) is 4.91. The van der Waals surface area contributed by atoms with Gasteiger partial charge in [-0.3, -0.25) is 13.9 Å². The Labute approximate surface area is 280 Å². The van der Waals surface area contributed by atoms with Crippen molar-refractivity contribution < 1.29 is 22.7 Å². The SMILES string of the molecule is CCCCNC(=O)[C@H](Cc1ccccc1)N(Cc1c(Cl)cccc1Cl)C(=O)CN(c1ccccc1)S(=O)(=O)c1ccc(OC)cc1. The maximum atomic E-state index is 14.5. The van der Waals surface area contributed by atoms with Gasteiger partial charge in [-0.1, -0.05) is 91.1 Å². The number of para-hydroxylation sites is 1. The number of nitrogens with zero attached hydrogens (tertiary/aromatic N) is 2. The van der Waals surface area contributed by atoms with Crippen LogP contribution in [0.15, 0.2) is 108 Å². The average molecular weight is 683 g/mol. The number of hydrogen-bond acceptors (Lipinski definition) is 5. The summed E-state index contributed by atoms with van der Waals surface area (Å²) >= 11 is 13.1. The minimum atomic E-state index is -4.24. The third-order valence-corrected chi connectivity index (χ3v) is 9.96. The van der Waals surface area contributed by atoms with Crippen molar-refractivity contribution in [1.29, 1.82) is 0 Å². The Morgan fingerprint density at radius 3 is 2.04 bits per heavy atom. The fraction of sp³-hybridized carbons (Fsp3) is 0.257. The average Bonchev–Trinajstić information content (AvgIpc) is 3.07. The van der Waals surface area contributed by atoms with E-state index in [0.717, 1.165) is 22.7 Å². The van der Waals surface area contributed by atoms with Gasteiger partial charge in [0.05, 0.1) is 17.7 Å². The van der Waals surface area contributed by atoms with E-state index in [0.29, 0.717) is 27.9 Å². The van der Waals surface area contributed by atoms with E-state index in [9.17, 15) is 18.0 Å². The first-order valence-electron chi connectivity index (χ1n) is 14.9. The molecule has 4 aromatic rings. The molecule has 0 bridgehead atoms. The highest BCUT2D eigenvalue weighted by Gasteiger charge is 2.35. The molecule has 242 valence electrons. The topological polar surface area (TPSA) is 96.0 Å². The molecule has 2 amide bonds. The molecule has 0 aliphatic carbocycles. The molecule has 0 aliphatic heterocycles. The monoisotopic (exact) mass is 681 g/mol. The van der Waals surface area contributed by atoms with Gasteiger partial charge in [0.25, 0.3) is 10.0 Å². The van der Waals surface area contributed by atoms with Crippen molar-refractivity contribution >= 4 is 50.7 Å². The predicted molar refractivity (Wildman–Crippen MR) is 183 cm³/mol. The Hall–Kier alpha value is -4.05. The van der Waals surface area contributed by atoms with Gasteiger partial charge in [-0.05, 0) is 60.5 Å². The lowest BCUT2D eigenvalue weighted by Crippen LogP contribution is -2.53. The number of anilines is 1. The number of halogens is 2. The van der Waals surface area contributed by atoms with Crippen LogP contribution in [0.3, 0.4) is 0 Å². The van der Waals surface area contributed by atoms with Gasteiger partial charge in [0.2, 0.25) is 11.8 Å². The van der Waals surface area contributed by atoms with Crippen molar-refractivity contribution in [2.45, 2.75) is 43.7 Å². The Bertz CT molecular complexity index is 1690. The summed E-state index contributed by atoms with van der Waals surface area (Å²) in [6.45, 7) is 1.73. The summed E-state index contributed by atoms with van der Waals surface area (Å²) in [4.78, 5) is 29.7. The first-order chi connectivity index (χ1) is 22.1. The van der Waals surface area contributed by atoms with Crippen LogP contribution in [0.2, 0.25) is 10.0 Å². The maximum absolute atomic E-state index is 14.5. The highest BCUT2D eigenvalue weighted by atomic mass is 35.5. The zero-order valence-electron chi connectivity index (χ0n) is 25.7. The molecule has 11 heteroatoms. The Kier molecular flexibility index (Phi) is 12.5. The lowest BCUT2D eigenvalue weighted by atomic mass is 10.0. The van der Waals surface area contributed by atoms with Gasteiger partial charge in [0.15, 0.2) is 0 Å². The van der Waals surface area contributed by atoms with Crippen molar-refractivity contribution in [3.05, 3.63) is 124 Å². The second-order valence-electron chi connectivity index (χ2n) is 10.6. The number of nitrogens with one attached hydrogen (secondary N) is 1. The second-order valence-corrected chi connectivity index (χ2v) is 13.3. The van der Waals surface area contributed by atoms with Gasteiger partial charge in [-0.15, -0.1) is 0 Å². The minimum absolute atomic E-state index is 0.0243. The highest BCUT2D eigenvalue weighted by molar-refractivity contribution is 7.92. The summed E-state index contributed by atoms with van der Waals surface area (Å²) in [5, 5.41) is 3.60. The smallest absolute Gasteiger partial charge is 0.264 e. The molecular formula is C35H37Cl2N3O5S. The molecule has 0 saturated carbocycles. The van der Waals surface area contributed by atoms with E-state index >= 15 is 0 Å².